The minimum atomic E-state index is 0.0872. The zero-order chi connectivity index (χ0) is 19.2. The lowest BCUT2D eigenvalue weighted by Crippen LogP contribution is -2.41. The molecule has 6 heteroatoms. The Morgan fingerprint density at radius 1 is 1.22 bits per heavy atom. The van der Waals surface area contributed by atoms with E-state index in [0.29, 0.717) is 12.1 Å². The summed E-state index contributed by atoms with van der Waals surface area (Å²) in [7, 11) is 0. The molecule has 0 aliphatic carbocycles. The van der Waals surface area contributed by atoms with Gasteiger partial charge in [0, 0.05) is 49.0 Å². The van der Waals surface area contributed by atoms with Crippen LogP contribution in [-0.4, -0.2) is 41.6 Å². The van der Waals surface area contributed by atoms with Gasteiger partial charge in [-0.05, 0) is 63.4 Å². The molecule has 0 spiro atoms. The van der Waals surface area contributed by atoms with Crippen molar-refractivity contribution in [3.8, 4) is 0 Å². The summed E-state index contributed by atoms with van der Waals surface area (Å²) in [5, 5.41) is 7.52. The van der Waals surface area contributed by atoms with E-state index in [9.17, 15) is 9.59 Å². The number of amides is 1. The van der Waals surface area contributed by atoms with Gasteiger partial charge in [0.25, 0.3) is 0 Å². The number of nitrogens with one attached hydrogen (secondary N) is 1. The summed E-state index contributed by atoms with van der Waals surface area (Å²) in [6, 6.07) is 9.69. The lowest BCUT2D eigenvalue weighted by atomic mass is 9.95. The fourth-order valence-electron chi connectivity index (χ4n) is 3.65. The highest BCUT2D eigenvalue weighted by Crippen LogP contribution is 2.23. The fraction of sp³-hybridized carbons (Fsp3) is 0.476. The van der Waals surface area contributed by atoms with Gasteiger partial charge in [-0.25, -0.2) is 0 Å². The maximum absolute atomic E-state index is 12.4. The Kier molecular flexibility index (Phi) is 6.27. The van der Waals surface area contributed by atoms with Crippen LogP contribution < -0.4 is 10.2 Å². The van der Waals surface area contributed by atoms with E-state index in [1.165, 1.54) is 0 Å². The molecular formula is C21H28N4O2. The van der Waals surface area contributed by atoms with Crippen molar-refractivity contribution in [3.63, 3.8) is 0 Å². The first-order valence-corrected chi connectivity index (χ1v) is 9.66. The molecule has 2 aromatic rings. The van der Waals surface area contributed by atoms with E-state index >= 15 is 0 Å². The van der Waals surface area contributed by atoms with Gasteiger partial charge in [-0.3, -0.25) is 14.3 Å². The normalized spacial score (nSPS) is 15.0. The van der Waals surface area contributed by atoms with Gasteiger partial charge in [0.2, 0.25) is 5.91 Å². The van der Waals surface area contributed by atoms with E-state index in [1.807, 2.05) is 35.9 Å². The third-order valence-corrected chi connectivity index (χ3v) is 5.21. The third-order valence-electron chi connectivity index (χ3n) is 5.21. The van der Waals surface area contributed by atoms with Gasteiger partial charge in [-0.1, -0.05) is 0 Å². The summed E-state index contributed by atoms with van der Waals surface area (Å²) in [4.78, 5) is 25.5. The molecular weight excluding hydrogens is 340 g/mol. The largest absolute Gasteiger partial charge is 0.371 e. The summed E-state index contributed by atoms with van der Waals surface area (Å²) >= 11 is 0. The number of hydrogen-bond acceptors (Lipinski definition) is 4. The average Bonchev–Trinajstić information content (AvgIpc) is 3.02. The van der Waals surface area contributed by atoms with Crippen molar-refractivity contribution in [1.82, 2.24) is 15.1 Å². The minimum absolute atomic E-state index is 0.0872. The van der Waals surface area contributed by atoms with Gasteiger partial charge >= 0.3 is 0 Å². The van der Waals surface area contributed by atoms with Crippen molar-refractivity contribution in [1.29, 1.82) is 0 Å². The van der Waals surface area contributed by atoms with E-state index in [1.54, 1.807) is 0 Å². The number of carbonyl (C=O) groups excluding carboxylic acids is 2. The van der Waals surface area contributed by atoms with Crippen LogP contribution in [0.4, 0.5) is 5.69 Å². The molecule has 1 aliphatic heterocycles. The molecule has 1 aromatic carbocycles. The van der Waals surface area contributed by atoms with Crippen LogP contribution in [0.15, 0.2) is 30.3 Å². The third kappa shape index (κ3) is 4.96. The lowest BCUT2D eigenvalue weighted by Gasteiger charge is -2.33. The zero-order valence-corrected chi connectivity index (χ0v) is 16.1. The van der Waals surface area contributed by atoms with Crippen LogP contribution in [0.1, 0.15) is 41.0 Å². The van der Waals surface area contributed by atoms with Crippen LogP contribution in [0, 0.1) is 19.8 Å². The Balaban J connectivity index is 1.39. The topological polar surface area (TPSA) is 67.2 Å². The van der Waals surface area contributed by atoms with Gasteiger partial charge in [-0.2, -0.15) is 5.10 Å². The summed E-state index contributed by atoms with van der Waals surface area (Å²) in [5.41, 5.74) is 3.99. The van der Waals surface area contributed by atoms with Crippen molar-refractivity contribution < 1.29 is 9.59 Å². The van der Waals surface area contributed by atoms with Crippen molar-refractivity contribution in [2.75, 3.05) is 24.5 Å². The second-order valence-corrected chi connectivity index (χ2v) is 7.27. The number of aryl methyl sites for hydroxylation is 3. The van der Waals surface area contributed by atoms with E-state index in [4.69, 9.17) is 0 Å². The molecule has 0 radical (unpaired) electrons. The van der Waals surface area contributed by atoms with Gasteiger partial charge in [0.15, 0.2) is 0 Å². The molecule has 0 saturated carbocycles. The van der Waals surface area contributed by atoms with E-state index < -0.39 is 0 Å². The van der Waals surface area contributed by atoms with E-state index in [0.717, 1.165) is 62.3 Å². The molecule has 1 fully saturated rings. The number of nitrogens with zero attached hydrogens (tertiary/aromatic N) is 3. The lowest BCUT2D eigenvalue weighted by molar-refractivity contribution is -0.125. The van der Waals surface area contributed by atoms with Crippen LogP contribution in [0.25, 0.3) is 0 Å². The second-order valence-electron chi connectivity index (χ2n) is 7.27. The molecule has 1 amide bonds. The van der Waals surface area contributed by atoms with Crippen molar-refractivity contribution in [2.45, 2.75) is 39.7 Å². The van der Waals surface area contributed by atoms with Crippen LogP contribution in [0.3, 0.4) is 0 Å². The number of aromatic nitrogens is 2. The van der Waals surface area contributed by atoms with Gasteiger partial charge < -0.3 is 10.2 Å². The van der Waals surface area contributed by atoms with Crippen LogP contribution >= 0.6 is 0 Å². The average molecular weight is 368 g/mol. The highest BCUT2D eigenvalue weighted by molar-refractivity contribution is 5.79. The van der Waals surface area contributed by atoms with Crippen LogP contribution in [-0.2, 0) is 11.3 Å². The number of hydrogen-bond donors (Lipinski definition) is 1. The summed E-state index contributed by atoms with van der Waals surface area (Å²) in [6.07, 6.45) is 3.46. The molecule has 27 heavy (non-hydrogen) atoms. The second kappa shape index (κ2) is 8.84. The fourth-order valence-corrected chi connectivity index (χ4v) is 3.65. The number of anilines is 1. The first kappa shape index (κ1) is 19.1. The van der Waals surface area contributed by atoms with Crippen molar-refractivity contribution in [2.24, 2.45) is 5.92 Å². The predicted octanol–water partition coefficient (Wildman–Crippen LogP) is 2.74. The van der Waals surface area contributed by atoms with Gasteiger partial charge in [0.1, 0.15) is 6.29 Å². The predicted molar refractivity (Wildman–Crippen MR) is 106 cm³/mol. The summed E-state index contributed by atoms with van der Waals surface area (Å²) < 4.78 is 2.00. The van der Waals surface area contributed by atoms with Crippen molar-refractivity contribution >= 4 is 17.9 Å². The van der Waals surface area contributed by atoms with Gasteiger partial charge in [-0.15, -0.1) is 0 Å². The molecule has 2 heterocycles. The monoisotopic (exact) mass is 368 g/mol. The minimum Gasteiger partial charge on any atom is -0.371 e. The molecule has 144 valence electrons. The summed E-state index contributed by atoms with van der Waals surface area (Å²) in [6.45, 7) is 7.29. The van der Waals surface area contributed by atoms with Crippen molar-refractivity contribution in [3.05, 3.63) is 47.3 Å². The first-order chi connectivity index (χ1) is 13.1. The van der Waals surface area contributed by atoms with Gasteiger partial charge in [0.05, 0.1) is 5.69 Å². The smallest absolute Gasteiger partial charge is 0.223 e. The molecule has 0 atom stereocenters. The molecule has 6 nitrogen and oxygen atoms in total. The molecule has 1 N–H and O–H groups in total. The zero-order valence-electron chi connectivity index (χ0n) is 16.1. The Labute approximate surface area is 160 Å². The maximum atomic E-state index is 12.4. The Morgan fingerprint density at radius 3 is 2.52 bits per heavy atom. The maximum Gasteiger partial charge on any atom is 0.223 e. The molecule has 0 unspecified atom stereocenters. The number of benzene rings is 1. The Bertz CT molecular complexity index is 774. The Hall–Kier alpha value is -2.63. The highest BCUT2D eigenvalue weighted by Gasteiger charge is 2.24. The van der Waals surface area contributed by atoms with E-state index in [-0.39, 0.29) is 11.8 Å². The number of carbonyl (C=O) groups is 2. The van der Waals surface area contributed by atoms with Crippen LogP contribution in [0.5, 0.6) is 0 Å². The first-order valence-electron chi connectivity index (χ1n) is 9.66. The molecule has 1 saturated heterocycles. The number of aldehydes is 1. The standard InChI is InChI=1S/C21H28N4O2/c1-16-14-17(2)25(23-16)11-3-10-22-21(27)19-8-12-24(13-9-19)20-6-4-18(15-26)5-7-20/h4-7,14-15,19H,3,8-13H2,1-2H3,(H,22,27). The molecule has 1 aliphatic rings. The van der Waals surface area contributed by atoms with Crippen LogP contribution in [0.2, 0.25) is 0 Å². The number of piperidine rings is 1. The highest BCUT2D eigenvalue weighted by atomic mass is 16.1. The Morgan fingerprint density at radius 2 is 1.93 bits per heavy atom. The number of rotatable bonds is 7. The SMILES string of the molecule is Cc1cc(C)n(CCCNC(=O)C2CCN(c3ccc(C=O)cc3)CC2)n1. The molecule has 1 aromatic heterocycles. The van der Waals surface area contributed by atoms with E-state index in [2.05, 4.69) is 28.3 Å². The summed E-state index contributed by atoms with van der Waals surface area (Å²) in [5.74, 6) is 0.253. The molecule has 3 rings (SSSR count). The quantitative estimate of drug-likeness (QED) is 0.603. The molecule has 0 bridgehead atoms.